The summed E-state index contributed by atoms with van der Waals surface area (Å²) in [7, 11) is 4.56. The predicted octanol–water partition coefficient (Wildman–Crippen LogP) is 0.638. The molecular formula is CoMoNiSW. The van der Waals surface area contributed by atoms with Crippen LogP contribution in [0.2, 0.25) is 0 Å². The second-order valence-electron chi connectivity index (χ2n) is 0.0680. The zero-order valence-corrected chi connectivity index (χ0v) is 9.66. The monoisotopic (exact) mass is 431 g/mol. The molecule has 0 aromatic carbocycles. The van der Waals surface area contributed by atoms with Crippen molar-refractivity contribution in [1.82, 2.24) is 0 Å². The summed E-state index contributed by atoms with van der Waals surface area (Å²) in [6.45, 7) is 0. The molecule has 37 valence electrons. The fraction of sp³-hybridized carbons (Fsp3) is 0. The third-order valence-corrected chi connectivity index (χ3v) is 0. The molecule has 0 rings (SSSR count). The molecule has 0 aliphatic heterocycles. The van der Waals surface area contributed by atoms with Gasteiger partial charge in [0.25, 0.3) is 0 Å². The van der Waals surface area contributed by atoms with Gasteiger partial charge >= 0.3 is 40.4 Å². The van der Waals surface area contributed by atoms with E-state index in [-0.39, 0.29) is 47.0 Å². The molecule has 1 radical (unpaired) electrons. The summed E-state index contributed by atoms with van der Waals surface area (Å²) in [5.74, 6) is 0. The Balaban J connectivity index is -0.0000000200. The minimum absolute atomic E-state index is 0. The van der Waals surface area contributed by atoms with Crippen molar-refractivity contribution in [3.05, 3.63) is 0 Å². The molecule has 0 aliphatic carbocycles. The Morgan fingerprint density at radius 2 is 1.60 bits per heavy atom. The van der Waals surface area contributed by atoms with Gasteiger partial charge in [-0.25, -0.2) is 0 Å². The molecule has 5 heteroatoms. The van der Waals surface area contributed by atoms with Crippen LogP contribution >= 0.6 is 9.82 Å². The molecular weight excluding hydrogens is 429 g/mol. The Labute approximate surface area is 72.5 Å². The van der Waals surface area contributed by atoms with Gasteiger partial charge < -0.3 is 0 Å². The van der Waals surface area contributed by atoms with Crippen LogP contribution < -0.4 is 0 Å². The molecule has 0 amide bonds. The Hall–Kier alpha value is 2.60. The van der Waals surface area contributed by atoms with E-state index in [1.165, 1.54) is 0 Å². The molecule has 0 heterocycles. The van der Waals surface area contributed by atoms with Crippen LogP contribution in [0, 0.1) is 0 Å². The van der Waals surface area contributed by atoms with Crippen LogP contribution in [0.25, 0.3) is 0 Å². The molecule has 0 unspecified atom stereocenters. The molecule has 0 nitrogen and oxygen atoms in total. The Morgan fingerprint density at radius 1 is 1.60 bits per heavy atom. The van der Waals surface area contributed by atoms with E-state index in [4.69, 9.17) is 0 Å². The molecule has 0 saturated carbocycles. The van der Waals surface area contributed by atoms with Gasteiger partial charge in [-0.1, -0.05) is 0 Å². The first-order chi connectivity index (χ1) is 1.41. The molecule has 5 heavy (non-hydrogen) atoms. The summed E-state index contributed by atoms with van der Waals surface area (Å²) in [6.07, 6.45) is 0. The average Bonchev–Trinajstić information content (AvgIpc) is 0.918. The summed E-state index contributed by atoms with van der Waals surface area (Å²) < 4.78 is 0. The minimum atomic E-state index is -0.157. The summed E-state index contributed by atoms with van der Waals surface area (Å²) in [4.78, 5) is 0. The van der Waals surface area contributed by atoms with E-state index in [0.29, 0.717) is 0 Å². The Bertz CT molecular complexity index is 19.1. The van der Waals surface area contributed by atoms with Crippen LogP contribution in [0.1, 0.15) is 0 Å². The van der Waals surface area contributed by atoms with Crippen LogP contribution in [0.5, 0.6) is 0 Å². The van der Waals surface area contributed by atoms with Gasteiger partial charge in [-0.05, 0) is 0 Å². The molecule has 0 spiro atoms. The average molecular weight is 429 g/mol. The van der Waals surface area contributed by atoms with Crippen molar-refractivity contribution in [1.29, 1.82) is 0 Å². The molecule has 0 aromatic rings. The number of hydrogen-bond donors (Lipinski definition) is 0. The van der Waals surface area contributed by atoms with Crippen LogP contribution in [0.15, 0.2) is 0 Å². The standard InChI is InChI=1S/Co.Mo.Ni.S.W. The van der Waals surface area contributed by atoms with Gasteiger partial charge in [0.05, 0.1) is 0 Å². The Kier molecular flexibility index (Phi) is 50.0. The van der Waals surface area contributed by atoms with E-state index in [1.54, 1.807) is 0 Å². The zero-order chi connectivity index (χ0) is 2.71. The van der Waals surface area contributed by atoms with Crippen LogP contribution in [-0.2, 0) is 63.8 Å². The summed E-state index contributed by atoms with van der Waals surface area (Å²) in [6, 6.07) is 0. The fourth-order valence-electron chi connectivity index (χ4n) is 0. The molecule has 0 atom stereocenters. The van der Waals surface area contributed by atoms with Crippen molar-refractivity contribution < 1.29 is 63.8 Å². The van der Waals surface area contributed by atoms with Gasteiger partial charge in [0.2, 0.25) is 0 Å². The van der Waals surface area contributed by atoms with Crippen molar-refractivity contribution >= 4 is 9.82 Å². The second-order valence-corrected chi connectivity index (χ2v) is 9.88. The van der Waals surface area contributed by atoms with E-state index in [9.17, 15) is 0 Å². The van der Waals surface area contributed by atoms with Crippen molar-refractivity contribution in [2.45, 2.75) is 0 Å². The first-order valence-corrected chi connectivity index (χ1v) is 12.2. The van der Waals surface area contributed by atoms with E-state index in [1.807, 2.05) is 0 Å². The number of hydrogen-bond acceptors (Lipinski definition) is 1. The summed E-state index contributed by atoms with van der Waals surface area (Å²) in [5.41, 5.74) is 0. The second kappa shape index (κ2) is 16.0. The number of rotatable bonds is 0. The van der Waals surface area contributed by atoms with Gasteiger partial charge in [0.1, 0.15) is 0 Å². The topological polar surface area (TPSA) is 0 Å². The van der Waals surface area contributed by atoms with E-state index >= 15 is 0 Å². The first kappa shape index (κ1) is 15.6. The van der Waals surface area contributed by atoms with Gasteiger partial charge in [-0.15, -0.1) is 0 Å². The third-order valence-electron chi connectivity index (χ3n) is 0. The van der Waals surface area contributed by atoms with Crippen molar-refractivity contribution in [3.63, 3.8) is 0 Å². The van der Waals surface area contributed by atoms with Gasteiger partial charge in [-0.2, -0.15) is 0 Å². The molecule has 0 N–H and O–H groups in total. The van der Waals surface area contributed by atoms with E-state index in [0.717, 1.165) is 0 Å². The molecule has 0 aromatic heterocycles. The van der Waals surface area contributed by atoms with Gasteiger partial charge in [-0.3, -0.25) is 0 Å². The molecule has 0 fully saturated rings. The van der Waals surface area contributed by atoms with E-state index < -0.39 is 0 Å². The zero-order valence-electron chi connectivity index (χ0n) is 1.87. The predicted molar refractivity (Wildman–Crippen MR) is 7.59 cm³/mol. The normalized spacial score (nSPS) is 2.40. The quantitative estimate of drug-likeness (QED) is 0.510. The van der Waals surface area contributed by atoms with Crippen LogP contribution in [0.4, 0.5) is 0 Å². The maximum atomic E-state index is 4.56. The van der Waals surface area contributed by atoms with E-state index in [2.05, 4.69) is 26.6 Å². The molecule has 0 aliphatic rings. The summed E-state index contributed by atoms with van der Waals surface area (Å²) >= 11 is 1.90. The van der Waals surface area contributed by atoms with Crippen LogP contribution in [-0.4, -0.2) is 0 Å². The fourth-order valence-corrected chi connectivity index (χ4v) is 0. The van der Waals surface area contributed by atoms with Crippen molar-refractivity contribution in [2.24, 2.45) is 0 Å². The third kappa shape index (κ3) is 20.7. The van der Waals surface area contributed by atoms with Crippen LogP contribution in [0.3, 0.4) is 0 Å². The van der Waals surface area contributed by atoms with Crippen molar-refractivity contribution in [3.8, 4) is 0 Å². The molecule has 0 saturated heterocycles. The maximum absolute atomic E-state index is 4.56. The van der Waals surface area contributed by atoms with Gasteiger partial charge in [0.15, 0.2) is 0 Å². The first-order valence-electron chi connectivity index (χ1n) is 0.333. The van der Waals surface area contributed by atoms with Gasteiger partial charge in [0, 0.05) is 33.3 Å². The van der Waals surface area contributed by atoms with Crippen molar-refractivity contribution in [2.75, 3.05) is 0 Å². The summed E-state index contributed by atoms with van der Waals surface area (Å²) in [5, 5.41) is 0. The SMILES string of the molecule is [Co].[Ni].[S]=[W][Mo]. The molecule has 0 bridgehead atoms. The Morgan fingerprint density at radius 3 is 1.60 bits per heavy atom.